The van der Waals surface area contributed by atoms with Gasteiger partial charge in [0.15, 0.2) is 11.8 Å². The fourth-order valence-corrected chi connectivity index (χ4v) is 2.56. The van der Waals surface area contributed by atoms with E-state index in [9.17, 15) is 9.18 Å². The van der Waals surface area contributed by atoms with Crippen LogP contribution in [0.5, 0.6) is 11.5 Å². The van der Waals surface area contributed by atoms with Crippen LogP contribution in [0, 0.1) is 12.7 Å². The molecule has 146 valence electrons. The fraction of sp³-hybridized carbons (Fsp3) is 0.250. The van der Waals surface area contributed by atoms with Crippen molar-refractivity contribution in [3.8, 4) is 22.8 Å². The van der Waals surface area contributed by atoms with Gasteiger partial charge in [-0.25, -0.2) is 9.02 Å². The summed E-state index contributed by atoms with van der Waals surface area (Å²) in [6, 6.07) is 10.9. The molecule has 0 aliphatic carbocycles. The topological polar surface area (TPSA) is 86.5 Å². The first-order chi connectivity index (χ1) is 13.5. The number of anilines is 1. The summed E-state index contributed by atoms with van der Waals surface area (Å²) in [6.07, 6.45) is -0.836. The van der Waals surface area contributed by atoms with E-state index >= 15 is 0 Å². The molecular formula is C20H20FN3O4. The van der Waals surface area contributed by atoms with Crippen LogP contribution in [0.25, 0.3) is 11.3 Å². The van der Waals surface area contributed by atoms with Crippen LogP contribution in [0.4, 0.5) is 10.2 Å². The number of carbonyl (C=O) groups is 1. The van der Waals surface area contributed by atoms with E-state index in [0.29, 0.717) is 18.1 Å². The Morgan fingerprint density at radius 2 is 1.96 bits per heavy atom. The van der Waals surface area contributed by atoms with Crippen LogP contribution >= 0.6 is 0 Å². The van der Waals surface area contributed by atoms with Crippen LogP contribution in [0.2, 0.25) is 0 Å². The molecule has 3 aromatic rings. The lowest BCUT2D eigenvalue weighted by Crippen LogP contribution is -2.30. The molecule has 0 spiro atoms. The smallest absolute Gasteiger partial charge is 0.266 e. The second-order valence-corrected chi connectivity index (χ2v) is 6.08. The Hall–Kier alpha value is -3.42. The van der Waals surface area contributed by atoms with Gasteiger partial charge >= 0.3 is 0 Å². The molecule has 0 bridgehead atoms. The standard InChI is InChI=1S/C20H20FN3O4/c1-4-26-17-10-5-14(11-12(17)2)18-19(24-28-23-18)22-20(25)13(3)27-16-8-6-15(21)7-9-16/h5-11,13H,4H2,1-3H3,(H,22,24,25)/t13-/m0/s1. The quantitative estimate of drug-likeness (QED) is 0.662. The number of aryl methyl sites for hydroxylation is 1. The monoisotopic (exact) mass is 385 g/mol. The molecule has 0 aliphatic rings. The zero-order chi connectivity index (χ0) is 20.1. The third-order valence-corrected chi connectivity index (χ3v) is 3.97. The third-order valence-electron chi connectivity index (χ3n) is 3.97. The molecule has 0 fully saturated rings. The molecule has 3 rings (SSSR count). The molecule has 0 saturated carbocycles. The van der Waals surface area contributed by atoms with Gasteiger partial charge in [-0.2, -0.15) is 0 Å². The van der Waals surface area contributed by atoms with Gasteiger partial charge in [0.1, 0.15) is 17.3 Å². The van der Waals surface area contributed by atoms with Crippen molar-refractivity contribution in [2.24, 2.45) is 0 Å². The molecule has 1 atom stereocenters. The number of benzene rings is 2. The van der Waals surface area contributed by atoms with E-state index in [-0.39, 0.29) is 11.6 Å². The van der Waals surface area contributed by atoms with Crippen molar-refractivity contribution in [1.82, 2.24) is 10.3 Å². The van der Waals surface area contributed by atoms with Crippen molar-refractivity contribution in [2.75, 3.05) is 11.9 Å². The molecule has 0 saturated heterocycles. The lowest BCUT2D eigenvalue weighted by molar-refractivity contribution is -0.122. The number of nitrogens with zero attached hydrogens (tertiary/aromatic N) is 2. The molecule has 8 heteroatoms. The van der Waals surface area contributed by atoms with Gasteiger partial charge in [0, 0.05) is 5.56 Å². The Labute approximate surface area is 161 Å². The number of rotatable bonds is 7. The minimum atomic E-state index is -0.836. The average molecular weight is 385 g/mol. The summed E-state index contributed by atoms with van der Waals surface area (Å²) in [5.41, 5.74) is 2.05. The number of carbonyl (C=O) groups excluding carboxylic acids is 1. The summed E-state index contributed by atoms with van der Waals surface area (Å²) in [7, 11) is 0. The van der Waals surface area contributed by atoms with Crippen molar-refractivity contribution in [3.63, 3.8) is 0 Å². The highest BCUT2D eigenvalue weighted by Crippen LogP contribution is 2.29. The highest BCUT2D eigenvalue weighted by Gasteiger charge is 2.20. The first kappa shape index (κ1) is 19.3. The number of aromatic nitrogens is 2. The van der Waals surface area contributed by atoms with E-state index in [0.717, 1.165) is 16.9 Å². The number of nitrogens with one attached hydrogen (secondary N) is 1. The van der Waals surface area contributed by atoms with Crippen LogP contribution in [0.1, 0.15) is 19.4 Å². The lowest BCUT2D eigenvalue weighted by Gasteiger charge is -2.14. The zero-order valence-electron chi connectivity index (χ0n) is 15.7. The van der Waals surface area contributed by atoms with Crippen LogP contribution in [-0.2, 0) is 4.79 Å². The molecule has 1 heterocycles. The first-order valence-corrected chi connectivity index (χ1v) is 8.77. The number of halogens is 1. The van der Waals surface area contributed by atoms with Gasteiger partial charge < -0.3 is 14.8 Å². The predicted octanol–water partition coefficient (Wildman–Crippen LogP) is 3.99. The summed E-state index contributed by atoms with van der Waals surface area (Å²) in [4.78, 5) is 12.4. The largest absolute Gasteiger partial charge is 0.494 e. The summed E-state index contributed by atoms with van der Waals surface area (Å²) in [6.45, 7) is 5.97. The van der Waals surface area contributed by atoms with Crippen molar-refractivity contribution in [2.45, 2.75) is 26.9 Å². The van der Waals surface area contributed by atoms with Crippen molar-refractivity contribution in [1.29, 1.82) is 0 Å². The summed E-state index contributed by atoms with van der Waals surface area (Å²) >= 11 is 0. The van der Waals surface area contributed by atoms with Gasteiger partial charge in [0.25, 0.3) is 5.91 Å². The minimum absolute atomic E-state index is 0.183. The molecule has 1 N–H and O–H groups in total. The Bertz CT molecular complexity index is 956. The van der Waals surface area contributed by atoms with E-state index in [4.69, 9.17) is 14.1 Å². The molecular weight excluding hydrogens is 365 g/mol. The number of hydrogen-bond acceptors (Lipinski definition) is 6. The molecule has 0 aliphatic heterocycles. The van der Waals surface area contributed by atoms with Crippen molar-refractivity contribution in [3.05, 3.63) is 53.8 Å². The third kappa shape index (κ3) is 4.46. The maximum absolute atomic E-state index is 13.0. The average Bonchev–Trinajstić information content (AvgIpc) is 3.13. The second kappa shape index (κ2) is 8.51. The van der Waals surface area contributed by atoms with Crippen LogP contribution < -0.4 is 14.8 Å². The lowest BCUT2D eigenvalue weighted by atomic mass is 10.1. The fourth-order valence-electron chi connectivity index (χ4n) is 2.56. The van der Waals surface area contributed by atoms with E-state index in [2.05, 4.69) is 15.6 Å². The Morgan fingerprint density at radius 1 is 1.21 bits per heavy atom. The van der Waals surface area contributed by atoms with E-state index in [1.807, 2.05) is 32.0 Å². The molecule has 28 heavy (non-hydrogen) atoms. The van der Waals surface area contributed by atoms with E-state index < -0.39 is 12.0 Å². The molecule has 1 aromatic heterocycles. The molecule has 7 nitrogen and oxygen atoms in total. The Morgan fingerprint density at radius 3 is 2.64 bits per heavy atom. The van der Waals surface area contributed by atoms with Gasteiger partial charge in [0.2, 0.25) is 5.82 Å². The number of amides is 1. The second-order valence-electron chi connectivity index (χ2n) is 6.08. The predicted molar refractivity (Wildman–Crippen MR) is 101 cm³/mol. The summed E-state index contributed by atoms with van der Waals surface area (Å²) in [5.74, 6) is 0.514. The van der Waals surface area contributed by atoms with Crippen LogP contribution in [0.3, 0.4) is 0 Å². The van der Waals surface area contributed by atoms with Crippen LogP contribution in [-0.4, -0.2) is 28.9 Å². The van der Waals surface area contributed by atoms with Gasteiger partial charge in [-0.05, 0) is 79.1 Å². The summed E-state index contributed by atoms with van der Waals surface area (Å²) < 4.78 is 28.8. The highest BCUT2D eigenvalue weighted by atomic mass is 19.1. The van der Waals surface area contributed by atoms with Gasteiger partial charge in [-0.15, -0.1) is 0 Å². The van der Waals surface area contributed by atoms with Gasteiger partial charge in [-0.1, -0.05) is 0 Å². The highest BCUT2D eigenvalue weighted by molar-refractivity contribution is 5.96. The Balaban J connectivity index is 1.72. The Kier molecular flexibility index (Phi) is 5.88. The maximum atomic E-state index is 13.0. The van der Waals surface area contributed by atoms with E-state index in [1.165, 1.54) is 24.3 Å². The number of hydrogen-bond donors (Lipinski definition) is 1. The first-order valence-electron chi connectivity index (χ1n) is 8.77. The molecule has 1 amide bonds. The minimum Gasteiger partial charge on any atom is -0.494 e. The van der Waals surface area contributed by atoms with Crippen LogP contribution in [0.15, 0.2) is 47.1 Å². The van der Waals surface area contributed by atoms with E-state index in [1.54, 1.807) is 6.92 Å². The molecule has 2 aromatic carbocycles. The molecule has 0 unspecified atom stereocenters. The zero-order valence-corrected chi connectivity index (χ0v) is 15.7. The summed E-state index contributed by atoms with van der Waals surface area (Å²) in [5, 5.41) is 10.3. The van der Waals surface area contributed by atoms with Gasteiger partial charge in [0.05, 0.1) is 6.61 Å². The normalized spacial score (nSPS) is 11.7. The maximum Gasteiger partial charge on any atom is 0.266 e. The number of ether oxygens (including phenoxy) is 2. The molecule has 0 radical (unpaired) electrons. The van der Waals surface area contributed by atoms with Gasteiger partial charge in [-0.3, -0.25) is 4.79 Å². The van der Waals surface area contributed by atoms with Crippen molar-refractivity contribution < 1.29 is 23.3 Å². The van der Waals surface area contributed by atoms with Crippen molar-refractivity contribution >= 4 is 11.7 Å². The SMILES string of the molecule is CCOc1ccc(-c2nonc2NC(=O)[C@H](C)Oc2ccc(F)cc2)cc1C.